The molecule has 1 fully saturated rings. The second kappa shape index (κ2) is 5.68. The molecule has 2 N–H and O–H groups in total. The van der Waals surface area contributed by atoms with E-state index >= 15 is 0 Å². The van der Waals surface area contributed by atoms with Crippen molar-refractivity contribution in [3.05, 3.63) is 30.4 Å². The molecule has 2 aromatic rings. The highest BCUT2D eigenvalue weighted by molar-refractivity contribution is 5.52. The third-order valence-electron chi connectivity index (χ3n) is 3.92. The maximum atomic E-state index is 5.33. The predicted molar refractivity (Wildman–Crippen MR) is 74.5 cm³/mol. The van der Waals surface area contributed by atoms with E-state index < -0.39 is 0 Å². The number of nitrogens with one attached hydrogen (secondary N) is 2. The third kappa shape index (κ3) is 2.71. The third-order valence-corrected chi connectivity index (χ3v) is 3.92. The van der Waals surface area contributed by atoms with Crippen LogP contribution in [0.15, 0.2) is 29.0 Å². The van der Waals surface area contributed by atoms with E-state index in [1.807, 2.05) is 12.1 Å². The number of nitrogens with zero attached hydrogens (tertiary/aromatic N) is 3. The van der Waals surface area contributed by atoms with Crippen molar-refractivity contribution in [1.29, 1.82) is 0 Å². The molecule has 0 saturated carbocycles. The Kier molecular flexibility index (Phi) is 3.75. The Morgan fingerprint density at radius 1 is 1.15 bits per heavy atom. The van der Waals surface area contributed by atoms with Gasteiger partial charge in [0, 0.05) is 36.5 Å². The van der Waals surface area contributed by atoms with Gasteiger partial charge in [-0.3, -0.25) is 15.8 Å². The Balaban J connectivity index is 1.63. The summed E-state index contributed by atoms with van der Waals surface area (Å²) in [6.45, 7) is 4.38. The van der Waals surface area contributed by atoms with Gasteiger partial charge in [-0.25, -0.2) is 0 Å². The largest absolute Gasteiger partial charge is 0.339 e. The Bertz CT molecular complexity index is 546. The van der Waals surface area contributed by atoms with Crippen LogP contribution < -0.4 is 10.9 Å². The molecule has 2 atom stereocenters. The molecule has 3 rings (SSSR count). The summed E-state index contributed by atoms with van der Waals surface area (Å²) in [6.07, 6.45) is 5.29. The lowest BCUT2D eigenvalue weighted by Gasteiger charge is -2.16. The topological polar surface area (TPSA) is 75.9 Å². The van der Waals surface area contributed by atoms with Gasteiger partial charge in [0.05, 0.1) is 0 Å². The van der Waals surface area contributed by atoms with Gasteiger partial charge in [-0.2, -0.15) is 4.98 Å². The molecule has 0 spiro atoms. The summed E-state index contributed by atoms with van der Waals surface area (Å²) in [5.41, 5.74) is 7.46. The van der Waals surface area contributed by atoms with E-state index in [-0.39, 0.29) is 0 Å². The van der Waals surface area contributed by atoms with Gasteiger partial charge >= 0.3 is 0 Å². The molecule has 0 bridgehead atoms. The molecule has 6 nitrogen and oxygen atoms in total. The maximum Gasteiger partial charge on any atom is 0.226 e. The minimum atomic E-state index is 0.465. The molecule has 0 radical (unpaired) electrons. The summed E-state index contributed by atoms with van der Waals surface area (Å²) in [5, 5.41) is 4.02. The number of pyridine rings is 1. The average Bonchev–Trinajstić information content (AvgIpc) is 3.06. The highest BCUT2D eigenvalue weighted by atomic mass is 16.5. The van der Waals surface area contributed by atoms with Crippen LogP contribution in [0.2, 0.25) is 0 Å². The average molecular weight is 273 g/mol. The van der Waals surface area contributed by atoms with E-state index in [1.54, 1.807) is 12.4 Å². The highest BCUT2D eigenvalue weighted by Crippen LogP contribution is 2.21. The fourth-order valence-electron chi connectivity index (χ4n) is 2.67. The van der Waals surface area contributed by atoms with Crippen LogP contribution in [0.3, 0.4) is 0 Å². The van der Waals surface area contributed by atoms with E-state index in [0.29, 0.717) is 29.7 Å². The van der Waals surface area contributed by atoms with Crippen molar-refractivity contribution in [3.63, 3.8) is 0 Å². The van der Waals surface area contributed by atoms with Gasteiger partial charge in [-0.1, -0.05) is 5.16 Å². The summed E-state index contributed by atoms with van der Waals surface area (Å²) < 4.78 is 5.33. The maximum absolute atomic E-state index is 5.33. The normalized spacial score (nSPS) is 26.0. The molecule has 0 amide bonds. The van der Waals surface area contributed by atoms with Gasteiger partial charge in [-0.05, 0) is 38.3 Å². The van der Waals surface area contributed by atoms with Crippen molar-refractivity contribution >= 4 is 0 Å². The molecular formula is C14H19N5O. The first-order chi connectivity index (χ1) is 9.74. The van der Waals surface area contributed by atoms with E-state index in [1.165, 1.54) is 0 Å². The minimum absolute atomic E-state index is 0.465. The van der Waals surface area contributed by atoms with Gasteiger partial charge in [0.1, 0.15) is 0 Å². The molecule has 1 saturated heterocycles. The van der Waals surface area contributed by atoms with Crippen molar-refractivity contribution < 1.29 is 4.52 Å². The summed E-state index contributed by atoms with van der Waals surface area (Å²) in [6, 6.07) is 4.69. The first kappa shape index (κ1) is 13.2. The fraction of sp³-hybridized carbons (Fsp3) is 0.500. The van der Waals surface area contributed by atoms with Crippen LogP contribution in [0.5, 0.6) is 0 Å². The predicted octanol–water partition coefficient (Wildman–Crippen LogP) is 1.57. The molecule has 1 aliphatic rings. The van der Waals surface area contributed by atoms with Crippen LogP contribution in [-0.4, -0.2) is 27.2 Å². The zero-order chi connectivity index (χ0) is 13.9. The van der Waals surface area contributed by atoms with E-state index in [9.17, 15) is 0 Å². The Morgan fingerprint density at radius 3 is 2.55 bits per heavy atom. The Labute approximate surface area is 118 Å². The molecule has 1 aliphatic heterocycles. The van der Waals surface area contributed by atoms with Gasteiger partial charge in [-0.15, -0.1) is 0 Å². The van der Waals surface area contributed by atoms with E-state index in [2.05, 4.69) is 39.8 Å². The van der Waals surface area contributed by atoms with Crippen LogP contribution in [-0.2, 0) is 6.42 Å². The second-order valence-electron chi connectivity index (χ2n) is 5.32. The van der Waals surface area contributed by atoms with Crippen LogP contribution in [0, 0.1) is 5.92 Å². The standard InChI is InChI=1S/C14H19N5O/c1-9-12(10(2)18-17-9)3-4-13-16-14(19-20-13)11-5-7-15-8-6-11/h5-10,12,17-18H,3-4H2,1-2H3. The van der Waals surface area contributed by atoms with Crippen molar-refractivity contribution in [3.8, 4) is 11.4 Å². The Hall–Kier alpha value is -1.79. The lowest BCUT2D eigenvalue weighted by molar-refractivity contribution is 0.347. The van der Waals surface area contributed by atoms with Crippen molar-refractivity contribution in [1.82, 2.24) is 26.0 Å². The van der Waals surface area contributed by atoms with Gasteiger partial charge in [0.2, 0.25) is 11.7 Å². The zero-order valence-corrected chi connectivity index (χ0v) is 11.7. The molecule has 2 unspecified atom stereocenters. The number of rotatable bonds is 4. The van der Waals surface area contributed by atoms with Crippen molar-refractivity contribution in [2.24, 2.45) is 5.92 Å². The lowest BCUT2D eigenvalue weighted by Crippen LogP contribution is -2.30. The van der Waals surface area contributed by atoms with Gasteiger partial charge in [0.25, 0.3) is 0 Å². The van der Waals surface area contributed by atoms with Crippen LogP contribution >= 0.6 is 0 Å². The van der Waals surface area contributed by atoms with Crippen LogP contribution in [0.4, 0.5) is 0 Å². The molecule has 106 valence electrons. The van der Waals surface area contributed by atoms with Crippen molar-refractivity contribution in [2.45, 2.75) is 38.8 Å². The number of hydrogen-bond donors (Lipinski definition) is 2. The quantitative estimate of drug-likeness (QED) is 0.880. The summed E-state index contributed by atoms with van der Waals surface area (Å²) >= 11 is 0. The van der Waals surface area contributed by atoms with Gasteiger partial charge in [0.15, 0.2) is 0 Å². The monoisotopic (exact) mass is 273 g/mol. The van der Waals surface area contributed by atoms with Crippen molar-refractivity contribution in [2.75, 3.05) is 0 Å². The molecule has 3 heterocycles. The SMILES string of the molecule is CC1NNC(C)C1CCc1nc(-c2ccncc2)no1. The molecule has 0 aromatic carbocycles. The van der Waals surface area contributed by atoms with E-state index in [4.69, 9.17) is 4.52 Å². The minimum Gasteiger partial charge on any atom is -0.339 e. The number of hydrazine groups is 1. The smallest absolute Gasteiger partial charge is 0.226 e. The molecule has 0 aliphatic carbocycles. The lowest BCUT2D eigenvalue weighted by atomic mass is 9.92. The molecule has 2 aromatic heterocycles. The molecular weight excluding hydrogens is 254 g/mol. The summed E-state index contributed by atoms with van der Waals surface area (Å²) in [5.74, 6) is 1.90. The molecule has 6 heteroatoms. The first-order valence-corrected chi connectivity index (χ1v) is 6.98. The summed E-state index contributed by atoms with van der Waals surface area (Å²) in [7, 11) is 0. The zero-order valence-electron chi connectivity index (χ0n) is 11.7. The van der Waals surface area contributed by atoms with Crippen LogP contribution in [0.1, 0.15) is 26.2 Å². The first-order valence-electron chi connectivity index (χ1n) is 6.98. The number of aromatic nitrogens is 3. The fourth-order valence-corrected chi connectivity index (χ4v) is 2.67. The number of aryl methyl sites for hydroxylation is 1. The van der Waals surface area contributed by atoms with E-state index in [0.717, 1.165) is 18.4 Å². The molecule has 20 heavy (non-hydrogen) atoms. The van der Waals surface area contributed by atoms with Crippen LogP contribution in [0.25, 0.3) is 11.4 Å². The van der Waals surface area contributed by atoms with Gasteiger partial charge < -0.3 is 4.52 Å². The summed E-state index contributed by atoms with van der Waals surface area (Å²) in [4.78, 5) is 8.43. The Morgan fingerprint density at radius 2 is 1.85 bits per heavy atom. The second-order valence-corrected chi connectivity index (χ2v) is 5.32. The highest BCUT2D eigenvalue weighted by Gasteiger charge is 2.29. The number of hydrogen-bond acceptors (Lipinski definition) is 6.